The third-order valence-corrected chi connectivity index (χ3v) is 4.79. The molecule has 1 aliphatic carbocycles. The number of benzene rings is 1. The normalized spacial score (nSPS) is 17.3. The maximum absolute atomic E-state index is 11.7. The second kappa shape index (κ2) is 4.24. The lowest BCUT2D eigenvalue weighted by Crippen LogP contribution is -2.21. The Bertz CT molecular complexity index is 603. The summed E-state index contributed by atoms with van der Waals surface area (Å²) in [7, 11) is -2.01. The van der Waals surface area contributed by atoms with Crippen molar-refractivity contribution in [1.82, 2.24) is 0 Å². The minimum Gasteiger partial charge on any atom is -0.468 e. The topological polar surface area (TPSA) is 60.4 Å². The molecule has 0 atom stereocenters. The Morgan fingerprint density at radius 3 is 2.39 bits per heavy atom. The van der Waals surface area contributed by atoms with Crippen molar-refractivity contribution in [3.05, 3.63) is 28.8 Å². The monoisotopic (exact) mass is 288 g/mol. The van der Waals surface area contributed by atoms with Gasteiger partial charge in [0.25, 0.3) is 0 Å². The van der Waals surface area contributed by atoms with Crippen LogP contribution < -0.4 is 0 Å². The van der Waals surface area contributed by atoms with Crippen molar-refractivity contribution in [2.45, 2.75) is 23.2 Å². The summed E-state index contributed by atoms with van der Waals surface area (Å²) in [5.74, 6) is -0.300. The third kappa shape index (κ3) is 2.12. The van der Waals surface area contributed by atoms with Gasteiger partial charge in [-0.2, -0.15) is 0 Å². The van der Waals surface area contributed by atoms with Gasteiger partial charge in [0.1, 0.15) is 0 Å². The minimum absolute atomic E-state index is 0.0774. The Labute approximate surface area is 111 Å². The number of hydrogen-bond acceptors (Lipinski definition) is 4. The first-order valence-electron chi connectivity index (χ1n) is 5.40. The molecule has 0 unspecified atom stereocenters. The van der Waals surface area contributed by atoms with E-state index in [0.29, 0.717) is 18.4 Å². The molecule has 1 aliphatic rings. The fourth-order valence-corrected chi connectivity index (χ4v) is 3.36. The molecule has 1 fully saturated rings. The number of methoxy groups -OCH3 is 1. The molecule has 2 rings (SSSR count). The van der Waals surface area contributed by atoms with Crippen molar-refractivity contribution >= 4 is 27.4 Å². The van der Waals surface area contributed by atoms with Crippen molar-refractivity contribution in [2.75, 3.05) is 13.4 Å². The predicted octanol–water partition coefficient (Wildman–Crippen LogP) is 1.95. The molecule has 0 bridgehead atoms. The van der Waals surface area contributed by atoms with Crippen LogP contribution in [0.15, 0.2) is 23.1 Å². The van der Waals surface area contributed by atoms with Crippen LogP contribution in [0.2, 0.25) is 5.02 Å². The summed E-state index contributed by atoms with van der Waals surface area (Å²) in [4.78, 5) is 11.8. The highest BCUT2D eigenvalue weighted by Crippen LogP contribution is 2.49. The molecule has 4 nitrogen and oxygen atoms in total. The smallest absolute Gasteiger partial charge is 0.316 e. The molecule has 1 aromatic carbocycles. The number of ether oxygens (including phenoxy) is 1. The van der Waals surface area contributed by atoms with Gasteiger partial charge in [-0.25, -0.2) is 8.42 Å². The minimum atomic E-state index is -3.35. The van der Waals surface area contributed by atoms with Gasteiger partial charge in [-0.1, -0.05) is 17.7 Å². The van der Waals surface area contributed by atoms with Crippen molar-refractivity contribution in [2.24, 2.45) is 0 Å². The van der Waals surface area contributed by atoms with E-state index < -0.39 is 15.3 Å². The molecule has 1 aromatic rings. The van der Waals surface area contributed by atoms with Crippen LogP contribution in [-0.4, -0.2) is 27.8 Å². The predicted molar refractivity (Wildman–Crippen MR) is 67.5 cm³/mol. The summed E-state index contributed by atoms with van der Waals surface area (Å²) < 4.78 is 27.7. The first-order chi connectivity index (χ1) is 8.31. The molecular formula is C12H13ClO4S. The highest BCUT2D eigenvalue weighted by Gasteiger charge is 2.52. The van der Waals surface area contributed by atoms with Gasteiger partial charge in [-0.3, -0.25) is 4.79 Å². The zero-order chi connectivity index (χ0) is 13.6. The Morgan fingerprint density at radius 2 is 2.00 bits per heavy atom. The van der Waals surface area contributed by atoms with E-state index in [1.807, 2.05) is 0 Å². The Balaban J connectivity index is 2.45. The molecule has 0 aliphatic heterocycles. The van der Waals surface area contributed by atoms with Gasteiger partial charge < -0.3 is 4.74 Å². The first kappa shape index (κ1) is 13.4. The summed E-state index contributed by atoms with van der Waals surface area (Å²) in [5, 5.41) is 0.144. The van der Waals surface area contributed by atoms with E-state index in [-0.39, 0.29) is 15.9 Å². The van der Waals surface area contributed by atoms with Gasteiger partial charge in [-0.15, -0.1) is 0 Å². The van der Waals surface area contributed by atoms with Gasteiger partial charge in [0.05, 0.1) is 22.4 Å². The highest BCUT2D eigenvalue weighted by molar-refractivity contribution is 7.90. The molecule has 0 saturated heterocycles. The number of hydrogen-bond donors (Lipinski definition) is 0. The van der Waals surface area contributed by atoms with Gasteiger partial charge in [0.2, 0.25) is 0 Å². The summed E-state index contributed by atoms with van der Waals surface area (Å²) in [5.41, 5.74) is 0.0841. The van der Waals surface area contributed by atoms with Crippen LogP contribution in [0.3, 0.4) is 0 Å². The van der Waals surface area contributed by atoms with Crippen molar-refractivity contribution < 1.29 is 17.9 Å². The van der Waals surface area contributed by atoms with E-state index in [4.69, 9.17) is 16.3 Å². The quantitative estimate of drug-likeness (QED) is 0.798. The standard InChI is InChI=1S/C12H13ClO4S/c1-17-11(14)12(5-6-12)8-3-4-10(9(13)7-8)18(2,15)16/h3-4,7H,5-6H2,1-2H3. The zero-order valence-electron chi connectivity index (χ0n) is 10.1. The molecule has 0 radical (unpaired) electrons. The Hall–Kier alpha value is -1.07. The van der Waals surface area contributed by atoms with Gasteiger partial charge in [0, 0.05) is 6.26 Å². The fourth-order valence-electron chi connectivity index (χ4n) is 2.03. The SMILES string of the molecule is COC(=O)C1(c2ccc(S(C)(=O)=O)c(Cl)c2)CC1. The third-order valence-electron chi connectivity index (χ3n) is 3.21. The van der Waals surface area contributed by atoms with Crippen molar-refractivity contribution in [1.29, 1.82) is 0 Å². The second-order valence-corrected chi connectivity index (χ2v) is 6.88. The maximum Gasteiger partial charge on any atom is 0.316 e. The zero-order valence-corrected chi connectivity index (χ0v) is 11.6. The lowest BCUT2D eigenvalue weighted by Gasteiger charge is -2.14. The van der Waals surface area contributed by atoms with Gasteiger partial charge in [0.15, 0.2) is 9.84 Å². The molecule has 0 N–H and O–H groups in total. The molecule has 6 heteroatoms. The molecule has 0 spiro atoms. The second-order valence-electron chi connectivity index (χ2n) is 4.49. The average Bonchev–Trinajstić information content (AvgIpc) is 3.07. The summed E-state index contributed by atoms with van der Waals surface area (Å²) in [6.45, 7) is 0. The lowest BCUT2D eigenvalue weighted by atomic mass is 9.96. The molecule has 18 heavy (non-hydrogen) atoms. The molecule has 0 aromatic heterocycles. The number of sulfone groups is 1. The molecule has 1 saturated carbocycles. The van der Waals surface area contributed by atoms with E-state index in [9.17, 15) is 13.2 Å². The van der Waals surface area contributed by atoms with Crippen molar-refractivity contribution in [3.63, 3.8) is 0 Å². The van der Waals surface area contributed by atoms with Gasteiger partial charge in [-0.05, 0) is 30.5 Å². The summed E-state index contributed by atoms with van der Waals surface area (Å²) in [6.07, 6.45) is 2.50. The molecule has 0 amide bonds. The highest BCUT2D eigenvalue weighted by atomic mass is 35.5. The Kier molecular flexibility index (Phi) is 3.15. The average molecular weight is 289 g/mol. The van der Waals surface area contributed by atoms with E-state index in [2.05, 4.69) is 0 Å². The number of esters is 1. The van der Waals surface area contributed by atoms with E-state index in [1.54, 1.807) is 12.1 Å². The number of carbonyl (C=O) groups is 1. The largest absolute Gasteiger partial charge is 0.468 e. The molecule has 98 valence electrons. The van der Waals surface area contributed by atoms with Crippen LogP contribution in [0.25, 0.3) is 0 Å². The van der Waals surface area contributed by atoms with E-state index in [0.717, 1.165) is 6.26 Å². The van der Waals surface area contributed by atoms with Crippen LogP contribution in [-0.2, 0) is 24.8 Å². The maximum atomic E-state index is 11.7. The number of rotatable bonds is 3. The fraction of sp³-hybridized carbons (Fsp3) is 0.417. The van der Waals surface area contributed by atoms with E-state index >= 15 is 0 Å². The van der Waals surface area contributed by atoms with Crippen LogP contribution in [0.4, 0.5) is 0 Å². The van der Waals surface area contributed by atoms with Crippen LogP contribution in [0.5, 0.6) is 0 Å². The summed E-state index contributed by atoms with van der Waals surface area (Å²) >= 11 is 5.96. The van der Waals surface area contributed by atoms with E-state index in [1.165, 1.54) is 13.2 Å². The molecule has 0 heterocycles. The summed E-state index contributed by atoms with van der Waals surface area (Å²) in [6, 6.07) is 4.62. The van der Waals surface area contributed by atoms with Crippen LogP contribution in [0.1, 0.15) is 18.4 Å². The van der Waals surface area contributed by atoms with Crippen molar-refractivity contribution in [3.8, 4) is 0 Å². The Morgan fingerprint density at radius 1 is 1.39 bits per heavy atom. The van der Waals surface area contributed by atoms with Crippen LogP contribution >= 0.6 is 11.6 Å². The number of carbonyl (C=O) groups excluding carboxylic acids is 1. The lowest BCUT2D eigenvalue weighted by molar-refractivity contribution is -0.143. The van der Waals surface area contributed by atoms with Crippen LogP contribution in [0, 0.1) is 0 Å². The number of halogens is 1. The first-order valence-corrected chi connectivity index (χ1v) is 7.67. The molecular weight excluding hydrogens is 276 g/mol. The van der Waals surface area contributed by atoms with Gasteiger partial charge >= 0.3 is 5.97 Å².